The molecule has 2 aromatic carbocycles. The minimum atomic E-state index is -0.834. The average molecular weight is 406 g/mol. The zero-order chi connectivity index (χ0) is 20.6. The number of halogens is 1. The van der Waals surface area contributed by atoms with Crippen molar-refractivity contribution in [2.75, 3.05) is 13.7 Å². The summed E-state index contributed by atoms with van der Waals surface area (Å²) in [6.45, 7) is 3.70. The largest absolute Gasteiger partial charge is 0.489 e. The van der Waals surface area contributed by atoms with E-state index < -0.39 is 17.7 Å². The lowest BCUT2D eigenvalue weighted by Crippen LogP contribution is -2.38. The fourth-order valence-corrected chi connectivity index (χ4v) is 2.70. The first-order valence-electron chi connectivity index (χ1n) is 8.78. The molecule has 0 atom stereocenters. The van der Waals surface area contributed by atoms with Gasteiger partial charge in [-0.3, -0.25) is 4.79 Å². The van der Waals surface area contributed by atoms with Crippen molar-refractivity contribution >= 4 is 23.7 Å². The van der Waals surface area contributed by atoms with Crippen LogP contribution in [0, 0.1) is 0 Å². The first-order chi connectivity index (χ1) is 13.3. The molecule has 150 valence electrons. The number of rotatable bonds is 8. The number of methoxy groups -OCH3 is 1. The van der Waals surface area contributed by atoms with E-state index in [2.05, 4.69) is 10.1 Å². The van der Waals surface area contributed by atoms with Gasteiger partial charge in [0.2, 0.25) is 0 Å². The van der Waals surface area contributed by atoms with Gasteiger partial charge in [0.1, 0.15) is 24.5 Å². The van der Waals surface area contributed by atoms with Gasteiger partial charge in [-0.05, 0) is 37.1 Å². The molecule has 6 nitrogen and oxygen atoms in total. The van der Waals surface area contributed by atoms with Gasteiger partial charge in [-0.1, -0.05) is 48.0 Å². The first kappa shape index (κ1) is 21.6. The maximum absolute atomic E-state index is 11.9. The van der Waals surface area contributed by atoms with Crippen molar-refractivity contribution < 1.29 is 23.8 Å². The molecule has 7 heteroatoms. The van der Waals surface area contributed by atoms with Crippen LogP contribution in [-0.2, 0) is 27.3 Å². The Bertz CT molecular complexity index is 808. The standard InChI is InChI=1S/C21H24ClNO5/c1-21(2,28-20(25)23-13-19(24)26-3)12-16-9-10-17(22)11-18(16)27-14-15-7-5-4-6-8-15/h4-11H,12-14H2,1-3H3,(H,23,25). The minimum absolute atomic E-state index is 0.252. The monoisotopic (exact) mass is 405 g/mol. The smallest absolute Gasteiger partial charge is 0.408 e. The molecule has 0 unspecified atom stereocenters. The first-order valence-corrected chi connectivity index (χ1v) is 9.16. The normalized spacial score (nSPS) is 10.9. The molecule has 0 radical (unpaired) electrons. The lowest BCUT2D eigenvalue weighted by Gasteiger charge is -2.26. The maximum atomic E-state index is 11.9. The number of amides is 1. The lowest BCUT2D eigenvalue weighted by molar-refractivity contribution is -0.139. The summed E-state index contributed by atoms with van der Waals surface area (Å²) in [5.41, 5.74) is 1.05. The fraction of sp³-hybridized carbons (Fsp3) is 0.333. The quantitative estimate of drug-likeness (QED) is 0.668. The number of esters is 1. The predicted molar refractivity (Wildman–Crippen MR) is 107 cm³/mol. The van der Waals surface area contributed by atoms with Gasteiger partial charge in [0.25, 0.3) is 0 Å². The molecule has 0 aliphatic rings. The van der Waals surface area contributed by atoms with Gasteiger partial charge in [0.15, 0.2) is 0 Å². The maximum Gasteiger partial charge on any atom is 0.408 e. The summed E-state index contributed by atoms with van der Waals surface area (Å²) in [5.74, 6) is 0.0760. The number of ether oxygens (including phenoxy) is 3. The fourth-order valence-electron chi connectivity index (χ4n) is 2.54. The van der Waals surface area contributed by atoms with Crippen LogP contribution in [-0.4, -0.2) is 31.3 Å². The van der Waals surface area contributed by atoms with E-state index >= 15 is 0 Å². The third-order valence-electron chi connectivity index (χ3n) is 3.86. The SMILES string of the molecule is COC(=O)CNC(=O)OC(C)(C)Cc1ccc(Cl)cc1OCc1ccccc1. The summed E-state index contributed by atoms with van der Waals surface area (Å²) in [6.07, 6.45) is -0.295. The van der Waals surface area contributed by atoms with Crippen LogP contribution in [0.15, 0.2) is 48.5 Å². The Morgan fingerprint density at radius 3 is 2.50 bits per heavy atom. The molecule has 0 spiro atoms. The van der Waals surface area contributed by atoms with E-state index in [1.807, 2.05) is 36.4 Å². The summed E-state index contributed by atoms with van der Waals surface area (Å²) in [7, 11) is 1.25. The van der Waals surface area contributed by atoms with E-state index in [0.29, 0.717) is 23.8 Å². The number of hydrogen-bond donors (Lipinski definition) is 1. The van der Waals surface area contributed by atoms with Gasteiger partial charge in [0.05, 0.1) is 7.11 Å². The molecule has 0 saturated carbocycles. The Morgan fingerprint density at radius 2 is 1.82 bits per heavy atom. The number of nitrogens with one attached hydrogen (secondary N) is 1. The van der Waals surface area contributed by atoms with Crippen LogP contribution in [0.3, 0.4) is 0 Å². The molecule has 28 heavy (non-hydrogen) atoms. The van der Waals surface area contributed by atoms with Gasteiger partial charge < -0.3 is 19.5 Å². The van der Waals surface area contributed by atoms with Crippen LogP contribution in [0.1, 0.15) is 25.0 Å². The second-order valence-electron chi connectivity index (χ2n) is 6.78. The van der Waals surface area contributed by atoms with Crippen molar-refractivity contribution in [1.82, 2.24) is 5.32 Å². The average Bonchev–Trinajstić information content (AvgIpc) is 2.66. The van der Waals surface area contributed by atoms with Crippen LogP contribution >= 0.6 is 11.6 Å². The van der Waals surface area contributed by atoms with Crippen LogP contribution in [0.4, 0.5) is 4.79 Å². The third kappa shape index (κ3) is 7.12. The van der Waals surface area contributed by atoms with Gasteiger partial charge in [-0.25, -0.2) is 4.79 Å². The molecule has 0 aromatic heterocycles. The summed E-state index contributed by atoms with van der Waals surface area (Å²) in [4.78, 5) is 23.0. The highest BCUT2D eigenvalue weighted by molar-refractivity contribution is 6.30. The van der Waals surface area contributed by atoms with Gasteiger partial charge in [-0.15, -0.1) is 0 Å². The second kappa shape index (κ2) is 9.99. The van der Waals surface area contributed by atoms with Gasteiger partial charge in [-0.2, -0.15) is 0 Å². The van der Waals surface area contributed by atoms with Crippen molar-refractivity contribution in [2.45, 2.75) is 32.5 Å². The molecule has 0 aliphatic heterocycles. The van der Waals surface area contributed by atoms with Crippen molar-refractivity contribution in [2.24, 2.45) is 0 Å². The van der Waals surface area contributed by atoms with E-state index in [4.69, 9.17) is 21.1 Å². The number of hydrogen-bond acceptors (Lipinski definition) is 5. The molecule has 0 fully saturated rings. The molecular weight excluding hydrogens is 382 g/mol. The summed E-state index contributed by atoms with van der Waals surface area (Å²) < 4.78 is 15.9. The van der Waals surface area contributed by atoms with Gasteiger partial charge in [0, 0.05) is 11.4 Å². The van der Waals surface area contributed by atoms with Crippen molar-refractivity contribution in [3.63, 3.8) is 0 Å². The Kier molecular flexibility index (Phi) is 7.70. The topological polar surface area (TPSA) is 73.9 Å². The molecule has 0 aliphatic carbocycles. The highest BCUT2D eigenvalue weighted by Gasteiger charge is 2.25. The highest BCUT2D eigenvalue weighted by Crippen LogP contribution is 2.29. The zero-order valence-electron chi connectivity index (χ0n) is 16.2. The molecule has 2 aromatic rings. The van der Waals surface area contributed by atoms with Gasteiger partial charge >= 0.3 is 12.1 Å². The highest BCUT2D eigenvalue weighted by atomic mass is 35.5. The molecule has 0 bridgehead atoms. The summed E-state index contributed by atoms with van der Waals surface area (Å²) >= 11 is 6.12. The Labute approximate surface area is 169 Å². The number of alkyl carbamates (subject to hydrolysis) is 1. The summed E-state index contributed by atoms with van der Waals surface area (Å²) in [5, 5.41) is 2.91. The Hall–Kier alpha value is -2.73. The van der Waals surface area contributed by atoms with Crippen LogP contribution in [0.2, 0.25) is 5.02 Å². The summed E-state index contributed by atoms with van der Waals surface area (Å²) in [6, 6.07) is 15.1. The van der Waals surface area contributed by atoms with E-state index in [9.17, 15) is 9.59 Å². The van der Waals surface area contributed by atoms with E-state index in [1.54, 1.807) is 26.0 Å². The third-order valence-corrected chi connectivity index (χ3v) is 4.09. The Morgan fingerprint density at radius 1 is 1.11 bits per heavy atom. The number of benzene rings is 2. The van der Waals surface area contributed by atoms with Crippen molar-refractivity contribution in [3.05, 3.63) is 64.7 Å². The van der Waals surface area contributed by atoms with E-state index in [1.165, 1.54) is 7.11 Å². The molecule has 1 amide bonds. The molecule has 0 heterocycles. The second-order valence-corrected chi connectivity index (χ2v) is 7.22. The van der Waals surface area contributed by atoms with E-state index in [0.717, 1.165) is 11.1 Å². The molecule has 2 rings (SSSR count). The minimum Gasteiger partial charge on any atom is -0.489 e. The number of carbonyl (C=O) groups is 2. The van der Waals surface area contributed by atoms with Crippen LogP contribution < -0.4 is 10.1 Å². The molecule has 0 saturated heterocycles. The van der Waals surface area contributed by atoms with E-state index in [-0.39, 0.29) is 6.54 Å². The van der Waals surface area contributed by atoms with Crippen molar-refractivity contribution in [3.8, 4) is 5.75 Å². The Balaban J connectivity index is 2.03. The van der Waals surface area contributed by atoms with Crippen LogP contribution in [0.25, 0.3) is 0 Å². The molecule has 1 N–H and O–H groups in total. The predicted octanol–water partition coefficient (Wildman–Crippen LogP) is 4.14. The van der Waals surface area contributed by atoms with Crippen molar-refractivity contribution in [1.29, 1.82) is 0 Å². The lowest BCUT2D eigenvalue weighted by atomic mass is 9.97. The van der Waals surface area contributed by atoms with Crippen LogP contribution in [0.5, 0.6) is 5.75 Å². The number of carbonyl (C=O) groups excluding carboxylic acids is 2. The molecular formula is C21H24ClNO5. The zero-order valence-corrected chi connectivity index (χ0v) is 16.9.